The monoisotopic (exact) mass is 209 g/mol. The second-order valence-electron chi connectivity index (χ2n) is 2.81. The average molecular weight is 209 g/mol. The third-order valence-electron chi connectivity index (χ3n) is 1.81. The fourth-order valence-electron chi connectivity index (χ4n) is 1.03. The fraction of sp³-hybridized carbons (Fsp3) is 0.200. The smallest absolute Gasteiger partial charge is 0.405 e. The van der Waals surface area contributed by atoms with Gasteiger partial charge in [0.25, 0.3) is 0 Å². The fourth-order valence-corrected chi connectivity index (χ4v) is 1.03. The molecule has 1 rings (SSSR count). The summed E-state index contributed by atoms with van der Waals surface area (Å²) in [6.45, 7) is -0.221. The van der Waals surface area contributed by atoms with Crippen LogP contribution >= 0.6 is 0 Å². The minimum Gasteiger partial charge on any atom is -0.497 e. The Morgan fingerprint density at radius 1 is 1.33 bits per heavy atom. The first-order valence-corrected chi connectivity index (χ1v) is 4.27. The predicted octanol–water partition coefficient (Wildman–Crippen LogP) is 1.15. The Hall–Kier alpha value is -2.04. The Labute approximate surface area is 86.7 Å². The third-order valence-corrected chi connectivity index (χ3v) is 1.81. The first-order valence-electron chi connectivity index (χ1n) is 4.27. The lowest BCUT2D eigenvalue weighted by atomic mass is 10.1. The standard InChI is InChI=1S/C10H11NO4/c1-15-8-4-2-7(3-5-8)9(12)6-11-10(13)14/h2-5,11H,6H2,1H3,(H,13,14). The van der Waals surface area contributed by atoms with Gasteiger partial charge in [-0.2, -0.15) is 0 Å². The minimum atomic E-state index is -1.21. The maximum Gasteiger partial charge on any atom is 0.405 e. The van der Waals surface area contributed by atoms with E-state index in [1.54, 1.807) is 24.3 Å². The van der Waals surface area contributed by atoms with E-state index in [4.69, 9.17) is 9.84 Å². The van der Waals surface area contributed by atoms with Crippen molar-refractivity contribution in [2.45, 2.75) is 0 Å². The number of ketones is 1. The van der Waals surface area contributed by atoms with Crippen molar-refractivity contribution in [2.75, 3.05) is 13.7 Å². The lowest BCUT2D eigenvalue weighted by Crippen LogP contribution is -2.27. The molecule has 0 spiro atoms. The molecule has 80 valence electrons. The largest absolute Gasteiger partial charge is 0.497 e. The van der Waals surface area contributed by atoms with Crippen LogP contribution in [0.15, 0.2) is 24.3 Å². The van der Waals surface area contributed by atoms with Gasteiger partial charge >= 0.3 is 6.09 Å². The lowest BCUT2D eigenvalue weighted by molar-refractivity contribution is 0.0987. The molecule has 1 aromatic rings. The van der Waals surface area contributed by atoms with Crippen molar-refractivity contribution in [3.8, 4) is 5.75 Å². The van der Waals surface area contributed by atoms with Gasteiger partial charge in [-0.25, -0.2) is 4.79 Å². The zero-order valence-corrected chi connectivity index (χ0v) is 8.19. The molecule has 0 radical (unpaired) electrons. The van der Waals surface area contributed by atoms with Crippen LogP contribution in [0.25, 0.3) is 0 Å². The van der Waals surface area contributed by atoms with Gasteiger partial charge in [-0.05, 0) is 24.3 Å². The lowest BCUT2D eigenvalue weighted by Gasteiger charge is -2.02. The molecule has 0 aliphatic carbocycles. The summed E-state index contributed by atoms with van der Waals surface area (Å²) in [5, 5.41) is 10.3. The normalized spacial score (nSPS) is 9.40. The van der Waals surface area contributed by atoms with Gasteiger partial charge in [-0.15, -0.1) is 0 Å². The summed E-state index contributed by atoms with van der Waals surface area (Å²) in [6, 6.07) is 6.47. The van der Waals surface area contributed by atoms with Crippen LogP contribution in [0.5, 0.6) is 5.75 Å². The quantitative estimate of drug-likeness (QED) is 0.729. The number of Topliss-reactive ketones (excluding diaryl/α,β-unsaturated/α-hetero) is 1. The second-order valence-corrected chi connectivity index (χ2v) is 2.81. The number of carbonyl (C=O) groups excluding carboxylic acids is 1. The number of carbonyl (C=O) groups is 2. The minimum absolute atomic E-state index is 0.221. The molecule has 5 nitrogen and oxygen atoms in total. The number of hydrogen-bond acceptors (Lipinski definition) is 3. The van der Waals surface area contributed by atoms with Gasteiger partial charge in [-0.1, -0.05) is 0 Å². The van der Waals surface area contributed by atoms with Crippen LogP contribution in [0, 0.1) is 0 Å². The van der Waals surface area contributed by atoms with Crippen LogP contribution in [0.1, 0.15) is 10.4 Å². The van der Waals surface area contributed by atoms with Crippen molar-refractivity contribution in [1.29, 1.82) is 0 Å². The van der Waals surface area contributed by atoms with Gasteiger partial charge in [0, 0.05) is 5.56 Å². The highest BCUT2D eigenvalue weighted by atomic mass is 16.5. The van der Waals surface area contributed by atoms with Crippen molar-refractivity contribution in [3.63, 3.8) is 0 Å². The zero-order valence-electron chi connectivity index (χ0n) is 8.19. The molecule has 0 saturated heterocycles. The first-order chi connectivity index (χ1) is 7.13. The molecule has 0 heterocycles. The molecule has 0 unspecified atom stereocenters. The number of ether oxygens (including phenoxy) is 1. The average Bonchev–Trinajstić information content (AvgIpc) is 2.26. The Balaban J connectivity index is 2.62. The van der Waals surface area contributed by atoms with E-state index in [0.29, 0.717) is 11.3 Å². The Morgan fingerprint density at radius 2 is 1.93 bits per heavy atom. The molecule has 15 heavy (non-hydrogen) atoms. The summed E-state index contributed by atoms with van der Waals surface area (Å²) >= 11 is 0. The SMILES string of the molecule is COc1ccc(C(=O)CNC(=O)O)cc1. The molecule has 2 N–H and O–H groups in total. The van der Waals surface area contributed by atoms with Gasteiger partial charge in [0.1, 0.15) is 5.75 Å². The van der Waals surface area contributed by atoms with E-state index in [0.717, 1.165) is 0 Å². The van der Waals surface area contributed by atoms with Crippen molar-refractivity contribution in [1.82, 2.24) is 5.32 Å². The third kappa shape index (κ3) is 3.30. The summed E-state index contributed by atoms with van der Waals surface area (Å²) in [5.41, 5.74) is 0.449. The van der Waals surface area contributed by atoms with E-state index in [-0.39, 0.29) is 12.3 Å². The van der Waals surface area contributed by atoms with E-state index < -0.39 is 6.09 Å². The summed E-state index contributed by atoms with van der Waals surface area (Å²) in [4.78, 5) is 21.5. The van der Waals surface area contributed by atoms with Gasteiger partial charge in [0.2, 0.25) is 0 Å². The highest BCUT2D eigenvalue weighted by molar-refractivity contribution is 5.98. The number of rotatable bonds is 4. The van der Waals surface area contributed by atoms with E-state index in [1.807, 2.05) is 5.32 Å². The maximum absolute atomic E-state index is 11.4. The Kier molecular flexibility index (Phi) is 3.68. The summed E-state index contributed by atoms with van der Waals surface area (Å²) in [7, 11) is 1.53. The maximum atomic E-state index is 11.4. The van der Waals surface area contributed by atoms with E-state index >= 15 is 0 Å². The predicted molar refractivity (Wildman–Crippen MR) is 53.4 cm³/mol. The van der Waals surface area contributed by atoms with E-state index in [2.05, 4.69) is 0 Å². The number of carboxylic acid groups (broad SMARTS) is 1. The number of hydrogen-bond donors (Lipinski definition) is 2. The van der Waals surface area contributed by atoms with Crippen molar-refractivity contribution >= 4 is 11.9 Å². The number of nitrogens with one attached hydrogen (secondary N) is 1. The van der Waals surface area contributed by atoms with E-state index in [9.17, 15) is 9.59 Å². The molecule has 0 aromatic heterocycles. The highest BCUT2D eigenvalue weighted by Crippen LogP contribution is 2.11. The van der Waals surface area contributed by atoms with Crippen LogP contribution in [-0.2, 0) is 0 Å². The van der Waals surface area contributed by atoms with Gasteiger partial charge < -0.3 is 15.2 Å². The Bertz CT molecular complexity index is 358. The van der Waals surface area contributed by atoms with Gasteiger partial charge in [0.05, 0.1) is 13.7 Å². The molecule has 0 fully saturated rings. The molecule has 0 bridgehead atoms. The number of methoxy groups -OCH3 is 1. The van der Waals surface area contributed by atoms with Crippen molar-refractivity contribution in [3.05, 3.63) is 29.8 Å². The molecule has 0 aliphatic heterocycles. The molecule has 1 amide bonds. The zero-order chi connectivity index (χ0) is 11.3. The van der Waals surface area contributed by atoms with Crippen molar-refractivity contribution in [2.24, 2.45) is 0 Å². The van der Waals surface area contributed by atoms with E-state index in [1.165, 1.54) is 7.11 Å². The number of benzene rings is 1. The van der Waals surface area contributed by atoms with Crippen LogP contribution in [0.3, 0.4) is 0 Å². The summed E-state index contributed by atoms with van der Waals surface area (Å²) < 4.78 is 4.93. The van der Waals surface area contributed by atoms with Crippen LogP contribution < -0.4 is 10.1 Å². The summed E-state index contributed by atoms with van der Waals surface area (Å²) in [6.07, 6.45) is -1.21. The topological polar surface area (TPSA) is 75.6 Å². The molecule has 0 aliphatic rings. The Morgan fingerprint density at radius 3 is 2.40 bits per heavy atom. The molecule has 1 aromatic carbocycles. The number of amides is 1. The van der Waals surface area contributed by atoms with Crippen LogP contribution in [-0.4, -0.2) is 30.6 Å². The molecule has 0 atom stereocenters. The highest BCUT2D eigenvalue weighted by Gasteiger charge is 2.06. The first kappa shape index (κ1) is 11.0. The second kappa shape index (κ2) is 4.99. The molecule has 5 heteroatoms. The van der Waals surface area contributed by atoms with Gasteiger partial charge in [0.15, 0.2) is 5.78 Å². The molecule has 0 saturated carbocycles. The van der Waals surface area contributed by atoms with Crippen LogP contribution in [0.2, 0.25) is 0 Å². The van der Waals surface area contributed by atoms with Crippen LogP contribution in [0.4, 0.5) is 4.79 Å². The molecular weight excluding hydrogens is 198 g/mol. The summed E-state index contributed by atoms with van der Waals surface area (Å²) in [5.74, 6) is 0.373. The molecular formula is C10H11NO4. The van der Waals surface area contributed by atoms with Crippen molar-refractivity contribution < 1.29 is 19.4 Å². The van der Waals surface area contributed by atoms with Gasteiger partial charge in [-0.3, -0.25) is 4.79 Å².